The number of imidazole rings is 1. The minimum atomic E-state index is 0.319. The summed E-state index contributed by atoms with van der Waals surface area (Å²) >= 11 is 1.91. The first-order valence-electron chi connectivity index (χ1n) is 7.25. The molecule has 0 spiro atoms. The second-order valence-electron chi connectivity index (χ2n) is 5.12. The van der Waals surface area contributed by atoms with Gasteiger partial charge in [0.25, 0.3) is 0 Å². The van der Waals surface area contributed by atoms with Crippen molar-refractivity contribution in [1.29, 1.82) is 0 Å². The number of hydrazine groups is 2. The zero-order chi connectivity index (χ0) is 14.5. The van der Waals surface area contributed by atoms with Gasteiger partial charge < -0.3 is 4.57 Å². The highest BCUT2D eigenvalue weighted by Crippen LogP contribution is 2.22. The van der Waals surface area contributed by atoms with Gasteiger partial charge in [0.05, 0.1) is 5.37 Å². The summed E-state index contributed by atoms with van der Waals surface area (Å²) in [6.45, 7) is 4.14. The van der Waals surface area contributed by atoms with Crippen molar-refractivity contribution >= 4 is 11.8 Å². The Bertz CT molecular complexity index is 550. The molecule has 0 bridgehead atoms. The van der Waals surface area contributed by atoms with E-state index in [1.807, 2.05) is 18.0 Å². The molecule has 2 atom stereocenters. The number of aryl methyl sites for hydroxylation is 1. The second-order valence-corrected chi connectivity index (χ2v) is 6.43. The van der Waals surface area contributed by atoms with Gasteiger partial charge in [0.2, 0.25) is 0 Å². The minimum absolute atomic E-state index is 0.319. The third-order valence-corrected chi connectivity index (χ3v) is 4.80. The van der Waals surface area contributed by atoms with E-state index in [0.717, 1.165) is 24.7 Å². The molecule has 2 heterocycles. The van der Waals surface area contributed by atoms with Gasteiger partial charge in [0, 0.05) is 37.2 Å². The van der Waals surface area contributed by atoms with Crippen LogP contribution in [0.15, 0.2) is 42.7 Å². The number of rotatable bonds is 6. The van der Waals surface area contributed by atoms with E-state index < -0.39 is 0 Å². The minimum Gasteiger partial charge on any atom is -0.334 e. The lowest BCUT2D eigenvalue weighted by molar-refractivity contribution is 0.586. The van der Waals surface area contributed by atoms with E-state index >= 15 is 0 Å². The molecule has 112 valence electrons. The van der Waals surface area contributed by atoms with Crippen LogP contribution in [0.1, 0.15) is 24.2 Å². The van der Waals surface area contributed by atoms with Crippen LogP contribution in [0.25, 0.3) is 0 Å². The number of hydrogen-bond acceptors (Lipinski definition) is 5. The molecule has 0 amide bonds. The molecule has 0 radical (unpaired) electrons. The van der Waals surface area contributed by atoms with Gasteiger partial charge in [0.15, 0.2) is 0 Å². The van der Waals surface area contributed by atoms with Crippen LogP contribution in [-0.2, 0) is 6.54 Å². The van der Waals surface area contributed by atoms with Gasteiger partial charge >= 0.3 is 0 Å². The second kappa shape index (κ2) is 7.09. The molecule has 1 fully saturated rings. The van der Waals surface area contributed by atoms with E-state index in [2.05, 4.69) is 69.4 Å². The Morgan fingerprint density at radius 2 is 2.24 bits per heavy atom. The molecule has 1 aromatic carbocycles. The van der Waals surface area contributed by atoms with E-state index in [9.17, 15) is 0 Å². The number of hydrogen-bond donors (Lipinski definition) is 3. The van der Waals surface area contributed by atoms with Gasteiger partial charge in [-0.2, -0.15) is 5.53 Å². The average Bonchev–Trinajstić information content (AvgIpc) is 3.19. The number of benzene rings is 1. The van der Waals surface area contributed by atoms with Gasteiger partial charge in [-0.1, -0.05) is 37.3 Å². The van der Waals surface area contributed by atoms with Crippen molar-refractivity contribution in [2.45, 2.75) is 24.8 Å². The van der Waals surface area contributed by atoms with Crippen LogP contribution in [0.5, 0.6) is 0 Å². The average molecular weight is 303 g/mol. The predicted octanol–water partition coefficient (Wildman–Crippen LogP) is 1.71. The summed E-state index contributed by atoms with van der Waals surface area (Å²) < 4.78 is 2.26. The number of aromatic nitrogens is 2. The molecule has 0 saturated carbocycles. The Labute approximate surface area is 129 Å². The SMILES string of the molecule is CC(c1ccccc1)c1nccn1CCSC1CNNN1. The Kier molecular flexibility index (Phi) is 4.92. The monoisotopic (exact) mass is 303 g/mol. The predicted molar refractivity (Wildman–Crippen MR) is 86.7 cm³/mol. The maximum atomic E-state index is 4.56. The van der Waals surface area contributed by atoms with Crippen molar-refractivity contribution in [3.63, 3.8) is 0 Å². The maximum Gasteiger partial charge on any atom is 0.115 e. The first kappa shape index (κ1) is 14.6. The lowest BCUT2D eigenvalue weighted by atomic mass is 10.0. The Balaban J connectivity index is 1.60. The third kappa shape index (κ3) is 3.65. The molecular formula is C15H21N5S. The van der Waals surface area contributed by atoms with Crippen LogP contribution in [-0.4, -0.2) is 27.2 Å². The summed E-state index contributed by atoms with van der Waals surface area (Å²) in [7, 11) is 0. The number of nitrogens with zero attached hydrogens (tertiary/aromatic N) is 2. The zero-order valence-electron chi connectivity index (χ0n) is 12.1. The van der Waals surface area contributed by atoms with Gasteiger partial charge in [-0.05, 0) is 5.56 Å². The summed E-state index contributed by atoms with van der Waals surface area (Å²) in [5.41, 5.74) is 10.5. The van der Waals surface area contributed by atoms with Gasteiger partial charge in [-0.15, -0.1) is 11.8 Å². The summed E-state index contributed by atoms with van der Waals surface area (Å²) in [5, 5.41) is 0.434. The van der Waals surface area contributed by atoms with Crippen molar-refractivity contribution in [2.24, 2.45) is 0 Å². The fourth-order valence-electron chi connectivity index (χ4n) is 2.50. The fraction of sp³-hybridized carbons (Fsp3) is 0.400. The van der Waals surface area contributed by atoms with E-state index in [1.54, 1.807) is 0 Å². The van der Waals surface area contributed by atoms with Crippen LogP contribution in [0, 0.1) is 0 Å². The molecule has 0 aliphatic carbocycles. The largest absolute Gasteiger partial charge is 0.334 e. The first-order chi connectivity index (χ1) is 10.3. The van der Waals surface area contributed by atoms with Crippen molar-refractivity contribution in [1.82, 2.24) is 25.9 Å². The molecule has 5 nitrogen and oxygen atoms in total. The molecule has 1 aliphatic rings. The topological polar surface area (TPSA) is 53.9 Å². The molecule has 1 aliphatic heterocycles. The molecule has 21 heavy (non-hydrogen) atoms. The van der Waals surface area contributed by atoms with Crippen LogP contribution in [0.2, 0.25) is 0 Å². The van der Waals surface area contributed by atoms with E-state index in [-0.39, 0.29) is 0 Å². The molecule has 3 rings (SSSR count). The van der Waals surface area contributed by atoms with Crippen molar-refractivity contribution in [3.05, 3.63) is 54.1 Å². The lowest BCUT2D eigenvalue weighted by Crippen LogP contribution is -2.32. The summed E-state index contributed by atoms with van der Waals surface area (Å²) in [6.07, 6.45) is 3.98. The van der Waals surface area contributed by atoms with Crippen molar-refractivity contribution in [3.8, 4) is 0 Å². The summed E-state index contributed by atoms with van der Waals surface area (Å²) in [6, 6.07) is 10.5. The zero-order valence-corrected chi connectivity index (χ0v) is 12.9. The Morgan fingerprint density at radius 3 is 3.00 bits per heavy atom. The quantitative estimate of drug-likeness (QED) is 0.758. The first-order valence-corrected chi connectivity index (χ1v) is 8.30. The third-order valence-electron chi connectivity index (χ3n) is 3.69. The smallest absolute Gasteiger partial charge is 0.115 e. The van der Waals surface area contributed by atoms with Crippen LogP contribution in [0.3, 0.4) is 0 Å². The molecule has 2 aromatic rings. The number of nitrogens with one attached hydrogen (secondary N) is 3. The highest BCUT2D eigenvalue weighted by molar-refractivity contribution is 7.99. The Hall–Kier alpha value is -1.34. The van der Waals surface area contributed by atoms with Gasteiger partial charge in [0.1, 0.15) is 5.82 Å². The fourth-order valence-corrected chi connectivity index (χ4v) is 3.43. The van der Waals surface area contributed by atoms with Crippen molar-refractivity contribution < 1.29 is 0 Å². The highest BCUT2D eigenvalue weighted by atomic mass is 32.2. The summed E-state index contributed by atoms with van der Waals surface area (Å²) in [5.74, 6) is 2.52. The van der Waals surface area contributed by atoms with Crippen molar-refractivity contribution in [2.75, 3.05) is 12.3 Å². The maximum absolute atomic E-state index is 4.56. The van der Waals surface area contributed by atoms with Crippen LogP contribution >= 0.6 is 11.8 Å². The normalized spacial score (nSPS) is 19.8. The van der Waals surface area contributed by atoms with E-state index in [4.69, 9.17) is 0 Å². The van der Waals surface area contributed by atoms with E-state index in [0.29, 0.717) is 11.3 Å². The van der Waals surface area contributed by atoms with E-state index in [1.165, 1.54) is 5.56 Å². The molecule has 1 aromatic heterocycles. The van der Waals surface area contributed by atoms with Crippen LogP contribution in [0.4, 0.5) is 0 Å². The molecule has 1 saturated heterocycles. The highest BCUT2D eigenvalue weighted by Gasteiger charge is 2.16. The van der Waals surface area contributed by atoms with Crippen LogP contribution < -0.4 is 16.4 Å². The molecule has 6 heteroatoms. The lowest BCUT2D eigenvalue weighted by Gasteiger charge is -2.15. The van der Waals surface area contributed by atoms with Gasteiger partial charge in [-0.3, -0.25) is 0 Å². The molecule has 3 N–H and O–H groups in total. The summed E-state index contributed by atoms with van der Waals surface area (Å²) in [4.78, 5) is 4.56. The molecule has 2 unspecified atom stereocenters. The number of thioether (sulfide) groups is 1. The standard InChI is InChI=1S/C15H21N5S/c1-12(13-5-3-2-4-6-13)15-16-7-8-20(15)9-10-21-14-11-17-19-18-14/h2-8,12,14,17-19H,9-11H2,1H3. The molecular weight excluding hydrogens is 282 g/mol. The Morgan fingerprint density at radius 1 is 1.38 bits per heavy atom. The van der Waals surface area contributed by atoms with Gasteiger partial charge in [-0.25, -0.2) is 15.8 Å².